The van der Waals surface area contributed by atoms with Gasteiger partial charge in [-0.1, -0.05) is 6.07 Å². The largest absolute Gasteiger partial charge is 0.465 e. The molecule has 1 aromatic rings. The Balaban J connectivity index is 1.72. The summed E-state index contributed by atoms with van der Waals surface area (Å²) in [5.41, 5.74) is -2.93. The number of carbonyl (C=O) groups excluding carboxylic acids is 5. The minimum absolute atomic E-state index is 0.103. The van der Waals surface area contributed by atoms with Gasteiger partial charge in [-0.3, -0.25) is 24.0 Å². The van der Waals surface area contributed by atoms with Gasteiger partial charge in [0.05, 0.1) is 6.42 Å². The number of methoxy groups -OCH3 is 1. The molecule has 11 nitrogen and oxygen atoms in total. The van der Waals surface area contributed by atoms with E-state index in [0.717, 1.165) is 4.88 Å². The molecule has 1 N–H and O–H groups in total. The molecule has 2 aliphatic rings. The predicted octanol–water partition coefficient (Wildman–Crippen LogP) is 0.278. The molecule has 0 aromatic carbocycles. The average Bonchev–Trinajstić information content (AvgIpc) is 3.28. The van der Waals surface area contributed by atoms with Crippen molar-refractivity contribution in [2.24, 2.45) is 5.41 Å². The molecule has 2 aliphatic heterocycles. The summed E-state index contributed by atoms with van der Waals surface area (Å²) in [6.45, 7) is 1.32. The summed E-state index contributed by atoms with van der Waals surface area (Å²) in [5, 5.41) is 3.96. The summed E-state index contributed by atoms with van der Waals surface area (Å²) in [5.74, 6) is -2.79. The molecule has 180 valence electrons. The molecular weight excluding hydrogens is 476 g/mol. The van der Waals surface area contributed by atoms with Crippen molar-refractivity contribution in [3.05, 3.63) is 22.4 Å². The molecule has 0 saturated carbocycles. The monoisotopic (exact) mass is 500 g/mol. The van der Waals surface area contributed by atoms with Gasteiger partial charge in [0.25, 0.3) is 11.6 Å². The van der Waals surface area contributed by atoms with Crippen LogP contribution < -0.4 is 5.32 Å². The fourth-order valence-electron chi connectivity index (χ4n) is 3.56. The van der Waals surface area contributed by atoms with Gasteiger partial charge >= 0.3 is 17.9 Å². The van der Waals surface area contributed by atoms with Crippen LogP contribution in [0.2, 0.25) is 0 Å². The lowest BCUT2D eigenvalue weighted by Crippen LogP contribution is -2.83. The first kappa shape index (κ1) is 25.0. The predicted molar refractivity (Wildman–Crippen MR) is 116 cm³/mol. The second kappa shape index (κ2) is 10.1. The molecule has 1 aromatic heterocycles. The summed E-state index contributed by atoms with van der Waals surface area (Å²) in [6.07, 6.45) is 0.103. The van der Waals surface area contributed by atoms with Gasteiger partial charge in [0, 0.05) is 38.1 Å². The van der Waals surface area contributed by atoms with Crippen LogP contribution >= 0.6 is 23.1 Å². The van der Waals surface area contributed by atoms with Crippen LogP contribution in [0.5, 0.6) is 0 Å². The minimum atomic E-state index is -1.56. The van der Waals surface area contributed by atoms with E-state index in [2.05, 4.69) is 10.1 Å². The Hall–Kier alpha value is -2.64. The zero-order valence-corrected chi connectivity index (χ0v) is 19.9. The van der Waals surface area contributed by atoms with Gasteiger partial charge in [0.1, 0.15) is 17.4 Å². The van der Waals surface area contributed by atoms with Crippen LogP contribution in [-0.4, -0.2) is 78.5 Å². The molecule has 2 saturated heterocycles. The van der Waals surface area contributed by atoms with E-state index < -0.39 is 47.1 Å². The van der Waals surface area contributed by atoms with E-state index in [1.54, 1.807) is 0 Å². The molecule has 3 heterocycles. The smallest absolute Gasteiger partial charge is 0.321 e. The maximum absolute atomic E-state index is 13.1. The van der Waals surface area contributed by atoms with Crippen LogP contribution in [-0.2, 0) is 49.3 Å². The Morgan fingerprint density at radius 1 is 1.18 bits per heavy atom. The van der Waals surface area contributed by atoms with E-state index in [-0.39, 0.29) is 31.2 Å². The van der Waals surface area contributed by atoms with Crippen molar-refractivity contribution in [3.8, 4) is 0 Å². The van der Waals surface area contributed by atoms with Crippen molar-refractivity contribution in [1.82, 2.24) is 10.2 Å². The summed E-state index contributed by atoms with van der Waals surface area (Å²) < 4.78 is 20.2. The Morgan fingerprint density at radius 2 is 1.91 bits per heavy atom. The van der Waals surface area contributed by atoms with Gasteiger partial charge in [0.15, 0.2) is 0 Å². The van der Waals surface area contributed by atoms with Crippen LogP contribution in [0, 0.1) is 5.41 Å². The number of nitrogens with one attached hydrogen (secondary N) is 1. The first-order chi connectivity index (χ1) is 15.6. The molecular formula is C20H24N2O9S2. The molecule has 2 amide bonds. The molecule has 3 rings (SSSR count). The van der Waals surface area contributed by atoms with Crippen LogP contribution in [0.4, 0.5) is 0 Å². The number of β-lactam (4-membered cyclic amide) rings is 1. The summed E-state index contributed by atoms with van der Waals surface area (Å²) >= 11 is 2.62. The number of ether oxygens (including phenoxy) is 4. The Kier molecular flexibility index (Phi) is 7.65. The Labute approximate surface area is 198 Å². The number of hydrogen-bond donors (Lipinski definition) is 1. The van der Waals surface area contributed by atoms with Crippen molar-refractivity contribution >= 4 is 52.8 Å². The second-order valence-electron chi connectivity index (χ2n) is 7.59. The van der Waals surface area contributed by atoms with Crippen LogP contribution in [0.1, 0.15) is 18.7 Å². The van der Waals surface area contributed by atoms with Gasteiger partial charge in [-0.05, 0) is 11.4 Å². The van der Waals surface area contributed by atoms with Crippen LogP contribution in [0.3, 0.4) is 0 Å². The van der Waals surface area contributed by atoms with E-state index in [1.807, 2.05) is 17.5 Å². The molecule has 0 radical (unpaired) electrons. The Bertz CT molecular complexity index is 938. The summed E-state index contributed by atoms with van der Waals surface area (Å²) in [4.78, 5) is 63.0. The van der Waals surface area contributed by atoms with E-state index in [4.69, 9.17) is 14.2 Å². The van der Waals surface area contributed by atoms with E-state index >= 15 is 0 Å². The molecule has 0 bridgehead atoms. The number of thioether (sulfide) groups is 1. The van der Waals surface area contributed by atoms with Crippen LogP contribution in [0.15, 0.2) is 17.5 Å². The minimum Gasteiger partial charge on any atom is -0.465 e. The van der Waals surface area contributed by atoms with Crippen molar-refractivity contribution in [2.45, 2.75) is 31.4 Å². The lowest BCUT2D eigenvalue weighted by molar-refractivity contribution is -0.204. The number of thiophene rings is 1. The van der Waals surface area contributed by atoms with E-state index in [9.17, 15) is 24.0 Å². The maximum Gasteiger partial charge on any atom is 0.321 e. The number of amides is 2. The topological polar surface area (TPSA) is 138 Å². The number of carbonyl (C=O) groups is 5. The van der Waals surface area contributed by atoms with E-state index in [1.165, 1.54) is 49.0 Å². The van der Waals surface area contributed by atoms with Gasteiger partial charge < -0.3 is 29.2 Å². The number of fused-ring (bicyclic) bond motifs is 1. The fourth-order valence-corrected chi connectivity index (χ4v) is 5.87. The van der Waals surface area contributed by atoms with Crippen molar-refractivity contribution in [1.29, 1.82) is 0 Å². The Morgan fingerprint density at radius 3 is 2.52 bits per heavy atom. The highest BCUT2D eigenvalue weighted by molar-refractivity contribution is 8.00. The quantitative estimate of drug-likeness (QED) is 0.286. The fraction of sp³-hybridized carbons (Fsp3) is 0.550. The highest BCUT2D eigenvalue weighted by Crippen LogP contribution is 2.48. The average molecular weight is 501 g/mol. The van der Waals surface area contributed by atoms with Crippen molar-refractivity contribution < 1.29 is 42.9 Å². The number of nitrogens with zero attached hydrogens (tertiary/aromatic N) is 1. The molecule has 0 aliphatic carbocycles. The molecule has 0 spiro atoms. The standard InChI is InChI=1S/C20H24N2O9S2/c1-12(23)29-9-19(18(27)31-11-30-13(2)24)8-22-16(26)20(28-3,17(22)33-10-19)21-15(25)7-14-5-4-6-32-14/h4-6,17H,7-11H2,1-3H3,(H,21,25)/t17-,19?,20?/m1/s1. The van der Waals surface area contributed by atoms with E-state index in [0.29, 0.717) is 0 Å². The van der Waals surface area contributed by atoms with Gasteiger partial charge in [-0.25, -0.2) is 0 Å². The highest BCUT2D eigenvalue weighted by atomic mass is 32.2. The van der Waals surface area contributed by atoms with Crippen molar-refractivity contribution in [2.75, 3.05) is 32.8 Å². The third-order valence-electron chi connectivity index (χ3n) is 5.20. The van der Waals surface area contributed by atoms with Gasteiger partial charge in [-0.15, -0.1) is 23.1 Å². The van der Waals surface area contributed by atoms with Crippen molar-refractivity contribution in [3.63, 3.8) is 0 Å². The van der Waals surface area contributed by atoms with Crippen LogP contribution in [0.25, 0.3) is 0 Å². The molecule has 2 fully saturated rings. The first-order valence-electron chi connectivity index (χ1n) is 9.89. The summed E-state index contributed by atoms with van der Waals surface area (Å²) in [7, 11) is 1.33. The third kappa shape index (κ3) is 5.14. The third-order valence-corrected chi connectivity index (χ3v) is 7.70. The van der Waals surface area contributed by atoms with Gasteiger partial charge in [0.2, 0.25) is 12.7 Å². The molecule has 3 atom stereocenters. The highest BCUT2D eigenvalue weighted by Gasteiger charge is 2.68. The lowest BCUT2D eigenvalue weighted by atomic mass is 9.87. The zero-order chi connectivity index (χ0) is 24.2. The maximum atomic E-state index is 13.1. The number of esters is 3. The zero-order valence-electron chi connectivity index (χ0n) is 18.3. The molecule has 13 heteroatoms. The normalized spacial score (nSPS) is 26.0. The number of hydrogen-bond acceptors (Lipinski definition) is 11. The first-order valence-corrected chi connectivity index (χ1v) is 11.8. The molecule has 33 heavy (non-hydrogen) atoms. The molecule has 2 unspecified atom stereocenters. The lowest BCUT2D eigenvalue weighted by Gasteiger charge is -2.58. The second-order valence-corrected chi connectivity index (χ2v) is 9.69. The van der Waals surface area contributed by atoms with Gasteiger partial charge in [-0.2, -0.15) is 0 Å². The SMILES string of the molecule is COC1(NC(=O)Cc2cccs2)C(=O)N2CC(COC(C)=O)(C(=O)OCOC(C)=O)CS[C@@H]21. The number of rotatable bonds is 9. The summed E-state index contributed by atoms with van der Waals surface area (Å²) in [6, 6.07) is 3.65.